The van der Waals surface area contributed by atoms with E-state index in [0.717, 1.165) is 12.3 Å². The molecule has 0 unspecified atom stereocenters. The maximum absolute atomic E-state index is 5.47. The van der Waals surface area contributed by atoms with Crippen molar-refractivity contribution in [2.75, 3.05) is 6.61 Å². The van der Waals surface area contributed by atoms with Gasteiger partial charge in [0.1, 0.15) is 0 Å². The van der Waals surface area contributed by atoms with E-state index < -0.39 is 0 Å². The Labute approximate surface area is 79.7 Å². The fourth-order valence-corrected chi connectivity index (χ4v) is 1.10. The zero-order chi connectivity index (χ0) is 9.84. The first-order valence-corrected chi connectivity index (χ1v) is 4.67. The van der Waals surface area contributed by atoms with Gasteiger partial charge in [-0.25, -0.2) is 0 Å². The average Bonchev–Trinajstić information content (AvgIpc) is 2.30. The minimum absolute atomic E-state index is 0.588. The maximum Gasteiger partial charge on any atom is 0.0906 e. The predicted molar refractivity (Wildman–Crippen MR) is 52.4 cm³/mol. The molecule has 0 radical (unpaired) electrons. The van der Waals surface area contributed by atoms with Gasteiger partial charge in [0.2, 0.25) is 0 Å². The molecule has 0 saturated heterocycles. The third-order valence-corrected chi connectivity index (χ3v) is 1.87. The number of rotatable bonds is 4. The smallest absolute Gasteiger partial charge is 0.0906 e. The number of ether oxygens (including phenoxy) is 1. The van der Waals surface area contributed by atoms with E-state index in [2.05, 4.69) is 25.0 Å². The lowest BCUT2D eigenvalue weighted by atomic mass is 10.2. The normalized spacial score (nSPS) is 11.2. The third kappa shape index (κ3) is 3.19. The SMILES string of the molecule is Cc1cc(COCC(C)C)nn1C. The highest BCUT2D eigenvalue weighted by atomic mass is 16.5. The molecular formula is C10H18N2O. The Morgan fingerprint density at radius 1 is 1.54 bits per heavy atom. The Morgan fingerprint density at radius 3 is 2.69 bits per heavy atom. The van der Waals surface area contributed by atoms with Gasteiger partial charge in [0, 0.05) is 19.3 Å². The number of hydrogen-bond donors (Lipinski definition) is 0. The van der Waals surface area contributed by atoms with Gasteiger partial charge in [0.05, 0.1) is 12.3 Å². The van der Waals surface area contributed by atoms with E-state index in [-0.39, 0.29) is 0 Å². The van der Waals surface area contributed by atoms with Gasteiger partial charge < -0.3 is 4.74 Å². The summed E-state index contributed by atoms with van der Waals surface area (Å²) in [5, 5.41) is 4.30. The first kappa shape index (κ1) is 10.3. The van der Waals surface area contributed by atoms with Crippen LogP contribution in [0.15, 0.2) is 6.07 Å². The molecule has 0 aliphatic heterocycles. The van der Waals surface area contributed by atoms with Gasteiger partial charge in [-0.15, -0.1) is 0 Å². The summed E-state index contributed by atoms with van der Waals surface area (Å²) in [5.74, 6) is 0.588. The molecule has 0 aliphatic rings. The molecule has 0 saturated carbocycles. The molecule has 0 N–H and O–H groups in total. The van der Waals surface area contributed by atoms with Crippen molar-refractivity contribution >= 4 is 0 Å². The molecule has 0 atom stereocenters. The lowest BCUT2D eigenvalue weighted by molar-refractivity contribution is 0.0945. The Hall–Kier alpha value is -0.830. The summed E-state index contributed by atoms with van der Waals surface area (Å²) in [6, 6.07) is 2.06. The lowest BCUT2D eigenvalue weighted by Gasteiger charge is -2.03. The molecule has 0 fully saturated rings. The van der Waals surface area contributed by atoms with E-state index in [1.54, 1.807) is 0 Å². The summed E-state index contributed by atoms with van der Waals surface area (Å²) in [5.41, 5.74) is 2.18. The Bertz CT molecular complexity index is 246. The van der Waals surface area contributed by atoms with Gasteiger partial charge in [-0.1, -0.05) is 13.8 Å². The Balaban J connectivity index is 2.37. The number of aryl methyl sites for hydroxylation is 2. The van der Waals surface area contributed by atoms with Gasteiger partial charge in [-0.3, -0.25) is 4.68 Å². The highest BCUT2D eigenvalue weighted by Crippen LogP contribution is 2.03. The standard InChI is InChI=1S/C10H18N2O/c1-8(2)6-13-7-10-5-9(3)12(4)11-10/h5,8H,6-7H2,1-4H3. The second kappa shape index (κ2) is 4.42. The van der Waals surface area contributed by atoms with Crippen molar-refractivity contribution in [3.8, 4) is 0 Å². The van der Waals surface area contributed by atoms with E-state index in [4.69, 9.17) is 4.74 Å². The second-order valence-corrected chi connectivity index (χ2v) is 3.81. The highest BCUT2D eigenvalue weighted by Gasteiger charge is 2.01. The van der Waals surface area contributed by atoms with Crippen LogP contribution in [-0.4, -0.2) is 16.4 Å². The lowest BCUT2D eigenvalue weighted by Crippen LogP contribution is -2.02. The zero-order valence-corrected chi connectivity index (χ0v) is 8.87. The molecule has 1 aromatic rings. The van der Waals surface area contributed by atoms with Crippen molar-refractivity contribution in [3.05, 3.63) is 17.5 Å². The van der Waals surface area contributed by atoms with Crippen LogP contribution in [0.3, 0.4) is 0 Å². The summed E-state index contributed by atoms with van der Waals surface area (Å²) in [6.45, 7) is 7.75. The zero-order valence-electron chi connectivity index (χ0n) is 8.87. The van der Waals surface area contributed by atoms with Crippen molar-refractivity contribution in [2.45, 2.75) is 27.4 Å². The van der Waals surface area contributed by atoms with Crippen molar-refractivity contribution < 1.29 is 4.74 Å². The molecule has 0 amide bonds. The molecule has 0 aromatic carbocycles. The molecular weight excluding hydrogens is 164 g/mol. The molecule has 3 nitrogen and oxygen atoms in total. The van der Waals surface area contributed by atoms with Crippen LogP contribution in [0.2, 0.25) is 0 Å². The molecule has 13 heavy (non-hydrogen) atoms. The number of aromatic nitrogens is 2. The first-order valence-electron chi connectivity index (χ1n) is 4.67. The summed E-state index contributed by atoms with van der Waals surface area (Å²) in [7, 11) is 1.95. The fraction of sp³-hybridized carbons (Fsp3) is 0.700. The van der Waals surface area contributed by atoms with Crippen molar-refractivity contribution in [1.29, 1.82) is 0 Å². The van der Waals surface area contributed by atoms with Crippen molar-refractivity contribution in [2.24, 2.45) is 13.0 Å². The fourth-order valence-electron chi connectivity index (χ4n) is 1.10. The van der Waals surface area contributed by atoms with Crippen LogP contribution in [-0.2, 0) is 18.4 Å². The average molecular weight is 182 g/mol. The van der Waals surface area contributed by atoms with E-state index in [1.807, 2.05) is 18.7 Å². The van der Waals surface area contributed by atoms with Crippen molar-refractivity contribution in [1.82, 2.24) is 9.78 Å². The summed E-state index contributed by atoms with van der Waals surface area (Å²) < 4.78 is 7.34. The van der Waals surface area contributed by atoms with Gasteiger partial charge in [-0.2, -0.15) is 5.10 Å². The number of nitrogens with zero attached hydrogens (tertiary/aromatic N) is 2. The van der Waals surface area contributed by atoms with Crippen LogP contribution >= 0.6 is 0 Å². The molecule has 0 bridgehead atoms. The van der Waals surface area contributed by atoms with Gasteiger partial charge in [0.25, 0.3) is 0 Å². The first-order chi connectivity index (χ1) is 6.09. The molecule has 1 rings (SSSR count). The minimum Gasteiger partial charge on any atom is -0.375 e. The van der Waals surface area contributed by atoms with Crippen LogP contribution in [0, 0.1) is 12.8 Å². The van der Waals surface area contributed by atoms with Crippen molar-refractivity contribution in [3.63, 3.8) is 0 Å². The summed E-state index contributed by atoms with van der Waals surface area (Å²) >= 11 is 0. The van der Waals surface area contributed by atoms with Crippen LogP contribution < -0.4 is 0 Å². The van der Waals surface area contributed by atoms with Crippen LogP contribution in [0.25, 0.3) is 0 Å². The minimum atomic E-state index is 0.588. The van der Waals surface area contributed by atoms with Gasteiger partial charge in [0.15, 0.2) is 0 Å². The van der Waals surface area contributed by atoms with E-state index in [9.17, 15) is 0 Å². The molecule has 3 heteroatoms. The number of hydrogen-bond acceptors (Lipinski definition) is 2. The van der Waals surface area contributed by atoms with Gasteiger partial charge >= 0.3 is 0 Å². The topological polar surface area (TPSA) is 27.1 Å². The highest BCUT2D eigenvalue weighted by molar-refractivity contribution is 5.07. The second-order valence-electron chi connectivity index (χ2n) is 3.81. The maximum atomic E-state index is 5.47. The molecule has 1 heterocycles. The largest absolute Gasteiger partial charge is 0.375 e. The van der Waals surface area contributed by atoms with Crippen LogP contribution in [0.1, 0.15) is 25.2 Å². The Kier molecular flexibility index (Phi) is 3.48. The van der Waals surface area contributed by atoms with Crippen LogP contribution in [0.4, 0.5) is 0 Å². The molecule has 0 spiro atoms. The molecule has 1 aromatic heterocycles. The van der Waals surface area contributed by atoms with E-state index >= 15 is 0 Å². The monoisotopic (exact) mass is 182 g/mol. The quantitative estimate of drug-likeness (QED) is 0.711. The predicted octanol–water partition coefficient (Wildman–Crippen LogP) is 1.90. The van der Waals surface area contributed by atoms with Crippen LogP contribution in [0.5, 0.6) is 0 Å². The van der Waals surface area contributed by atoms with E-state index in [0.29, 0.717) is 12.5 Å². The Morgan fingerprint density at radius 2 is 2.23 bits per heavy atom. The summed E-state index contributed by atoms with van der Waals surface area (Å²) in [6.07, 6.45) is 0. The summed E-state index contributed by atoms with van der Waals surface area (Å²) in [4.78, 5) is 0. The van der Waals surface area contributed by atoms with E-state index in [1.165, 1.54) is 5.69 Å². The third-order valence-electron chi connectivity index (χ3n) is 1.87. The molecule has 74 valence electrons. The molecule has 0 aliphatic carbocycles. The van der Waals surface area contributed by atoms with Gasteiger partial charge in [-0.05, 0) is 18.9 Å².